The van der Waals surface area contributed by atoms with Crippen LogP contribution in [0.25, 0.3) is 0 Å². The van der Waals surface area contributed by atoms with Crippen LogP contribution in [0, 0.1) is 0 Å². The van der Waals surface area contributed by atoms with E-state index < -0.39 is 6.10 Å². The second-order valence-electron chi connectivity index (χ2n) is 11.6. The van der Waals surface area contributed by atoms with E-state index in [0.29, 0.717) is 12.8 Å². The fourth-order valence-electron chi connectivity index (χ4n) is 4.82. The molecular weight excluding hydrogens is 512 g/mol. The Kier molecular flexibility index (Phi) is 31.6. The fourth-order valence-corrected chi connectivity index (χ4v) is 4.82. The Morgan fingerprint density at radius 1 is 0.561 bits per heavy atom. The normalized spacial score (nSPS) is 12.4. The first-order chi connectivity index (χ1) is 20.1. The lowest BCUT2D eigenvalue weighted by molar-refractivity contribution is -0.161. The van der Waals surface area contributed by atoms with Gasteiger partial charge in [0.05, 0.1) is 6.61 Å². The molecule has 0 aromatic rings. The van der Waals surface area contributed by atoms with Crippen LogP contribution in [0.3, 0.4) is 0 Å². The van der Waals surface area contributed by atoms with Gasteiger partial charge in [0.1, 0.15) is 6.61 Å². The van der Waals surface area contributed by atoms with E-state index in [1.807, 2.05) is 0 Å². The summed E-state index contributed by atoms with van der Waals surface area (Å²) >= 11 is 0. The molecule has 0 rings (SSSR count). The zero-order valence-electron chi connectivity index (χ0n) is 27.1. The van der Waals surface area contributed by atoms with Gasteiger partial charge < -0.3 is 14.6 Å². The van der Waals surface area contributed by atoms with Gasteiger partial charge in [-0.05, 0) is 44.9 Å². The number of esters is 2. The highest BCUT2D eigenvalue weighted by molar-refractivity contribution is 5.70. The van der Waals surface area contributed by atoms with Crippen molar-refractivity contribution in [2.24, 2.45) is 0 Å². The van der Waals surface area contributed by atoms with Gasteiger partial charge in [0.15, 0.2) is 6.10 Å². The van der Waals surface area contributed by atoms with E-state index in [1.165, 1.54) is 96.3 Å². The number of rotatable bonds is 31. The highest BCUT2D eigenvalue weighted by atomic mass is 16.6. The monoisotopic (exact) mass is 578 g/mol. The Morgan fingerprint density at radius 2 is 0.976 bits per heavy atom. The van der Waals surface area contributed by atoms with Gasteiger partial charge in [0.2, 0.25) is 0 Å². The summed E-state index contributed by atoms with van der Waals surface area (Å²) in [6, 6.07) is 0. The molecule has 0 aliphatic heterocycles. The minimum atomic E-state index is -0.772. The van der Waals surface area contributed by atoms with Crippen LogP contribution in [0.4, 0.5) is 0 Å². The van der Waals surface area contributed by atoms with Gasteiger partial charge >= 0.3 is 11.9 Å². The van der Waals surface area contributed by atoms with E-state index in [9.17, 15) is 14.7 Å². The van der Waals surface area contributed by atoms with Crippen molar-refractivity contribution in [2.75, 3.05) is 13.2 Å². The Balaban J connectivity index is 3.60. The third-order valence-corrected chi connectivity index (χ3v) is 7.50. The van der Waals surface area contributed by atoms with Gasteiger partial charge in [-0.1, -0.05) is 141 Å². The lowest BCUT2D eigenvalue weighted by atomic mass is 10.0. The first kappa shape index (κ1) is 39.4. The Hall–Kier alpha value is -1.62. The van der Waals surface area contributed by atoms with E-state index in [4.69, 9.17) is 9.47 Å². The van der Waals surface area contributed by atoms with Crippen molar-refractivity contribution in [1.82, 2.24) is 0 Å². The molecule has 0 bridgehead atoms. The van der Waals surface area contributed by atoms with E-state index in [0.717, 1.165) is 51.4 Å². The maximum absolute atomic E-state index is 12.1. The molecule has 0 heterocycles. The molecule has 0 aliphatic rings. The zero-order valence-corrected chi connectivity index (χ0v) is 27.1. The van der Waals surface area contributed by atoms with Gasteiger partial charge in [-0.15, -0.1) is 0 Å². The zero-order chi connectivity index (χ0) is 30.1. The average Bonchev–Trinajstić information content (AvgIpc) is 2.97. The van der Waals surface area contributed by atoms with Crippen molar-refractivity contribution in [3.8, 4) is 0 Å². The van der Waals surface area contributed by atoms with Gasteiger partial charge in [0, 0.05) is 12.8 Å². The molecule has 0 saturated carbocycles. The quantitative estimate of drug-likeness (QED) is 0.0503. The van der Waals surface area contributed by atoms with Crippen molar-refractivity contribution in [3.63, 3.8) is 0 Å². The highest BCUT2D eigenvalue weighted by Crippen LogP contribution is 2.13. The van der Waals surface area contributed by atoms with Crippen LogP contribution in [0.2, 0.25) is 0 Å². The molecule has 0 aromatic heterocycles. The summed E-state index contributed by atoms with van der Waals surface area (Å²) in [6.45, 7) is 4.09. The Bertz CT molecular complexity index is 627. The molecule has 0 saturated heterocycles. The molecule has 0 amide bonds. The van der Waals surface area contributed by atoms with Crippen LogP contribution in [0.1, 0.15) is 174 Å². The Morgan fingerprint density at radius 3 is 1.49 bits per heavy atom. The van der Waals surface area contributed by atoms with Gasteiger partial charge in [-0.25, -0.2) is 0 Å². The topological polar surface area (TPSA) is 72.8 Å². The smallest absolute Gasteiger partial charge is 0.306 e. The molecule has 1 unspecified atom stereocenters. The Labute approximate surface area is 253 Å². The molecule has 5 nitrogen and oxygen atoms in total. The SMILES string of the molecule is CCCCCC=CCC=CCCCCCCCC(=O)OC(CO)COC(=O)CCCCCCCCCCCCCC. The number of hydrogen-bond donors (Lipinski definition) is 1. The molecule has 5 heteroatoms. The standard InChI is InChI=1S/C36H66O5/c1-3-5-7-9-11-13-15-17-18-19-21-23-25-27-29-31-36(39)41-34(32-37)33-40-35(38)30-28-26-24-22-20-16-14-12-10-8-6-4-2/h11,13,17-18,34,37H,3-10,12,14-16,19-33H2,1-2H3. The van der Waals surface area contributed by atoms with Crippen LogP contribution in [-0.2, 0) is 19.1 Å². The number of aliphatic hydroxyl groups excluding tert-OH is 1. The number of aliphatic hydroxyl groups is 1. The highest BCUT2D eigenvalue weighted by Gasteiger charge is 2.16. The summed E-state index contributed by atoms with van der Waals surface area (Å²) in [5.74, 6) is -0.605. The summed E-state index contributed by atoms with van der Waals surface area (Å²) in [4.78, 5) is 24.1. The van der Waals surface area contributed by atoms with Crippen molar-refractivity contribution in [3.05, 3.63) is 24.3 Å². The van der Waals surface area contributed by atoms with E-state index >= 15 is 0 Å². The molecule has 1 atom stereocenters. The molecule has 41 heavy (non-hydrogen) atoms. The summed E-state index contributed by atoms with van der Waals surface area (Å²) < 4.78 is 10.5. The number of ether oxygens (including phenoxy) is 2. The number of hydrogen-bond acceptors (Lipinski definition) is 5. The van der Waals surface area contributed by atoms with Crippen LogP contribution in [0.15, 0.2) is 24.3 Å². The molecule has 1 N–H and O–H groups in total. The summed E-state index contributed by atoms with van der Waals surface area (Å²) in [5, 5.41) is 9.50. The molecule has 0 aromatic carbocycles. The van der Waals surface area contributed by atoms with E-state index in [2.05, 4.69) is 38.2 Å². The summed E-state index contributed by atoms with van der Waals surface area (Å²) in [6.07, 6.45) is 36.5. The van der Waals surface area contributed by atoms with Gasteiger partial charge in [-0.2, -0.15) is 0 Å². The van der Waals surface area contributed by atoms with E-state index in [1.54, 1.807) is 0 Å². The van der Waals surface area contributed by atoms with Crippen molar-refractivity contribution in [2.45, 2.75) is 180 Å². The fraction of sp³-hybridized carbons (Fsp3) is 0.833. The minimum absolute atomic E-state index is 0.0680. The van der Waals surface area contributed by atoms with Crippen LogP contribution in [0.5, 0.6) is 0 Å². The van der Waals surface area contributed by atoms with Crippen molar-refractivity contribution < 1.29 is 24.2 Å². The minimum Gasteiger partial charge on any atom is -0.462 e. The van der Waals surface area contributed by atoms with Crippen LogP contribution in [-0.4, -0.2) is 36.4 Å². The second kappa shape index (κ2) is 32.9. The molecule has 0 aliphatic carbocycles. The van der Waals surface area contributed by atoms with Crippen LogP contribution >= 0.6 is 0 Å². The maximum Gasteiger partial charge on any atom is 0.306 e. The molecule has 0 fully saturated rings. The third kappa shape index (κ3) is 31.2. The number of allylic oxidation sites excluding steroid dienone is 4. The lowest BCUT2D eigenvalue weighted by Gasteiger charge is -2.15. The maximum atomic E-state index is 12.1. The molecule has 240 valence electrons. The van der Waals surface area contributed by atoms with Crippen molar-refractivity contribution >= 4 is 11.9 Å². The molecule has 0 spiro atoms. The second-order valence-corrected chi connectivity index (χ2v) is 11.6. The van der Waals surface area contributed by atoms with Gasteiger partial charge in [0.25, 0.3) is 0 Å². The van der Waals surface area contributed by atoms with Gasteiger partial charge in [-0.3, -0.25) is 9.59 Å². The third-order valence-electron chi connectivity index (χ3n) is 7.50. The predicted molar refractivity (Wildman–Crippen MR) is 173 cm³/mol. The first-order valence-corrected chi connectivity index (χ1v) is 17.4. The largest absolute Gasteiger partial charge is 0.462 e. The van der Waals surface area contributed by atoms with Crippen LogP contribution < -0.4 is 0 Å². The summed E-state index contributed by atoms with van der Waals surface area (Å²) in [7, 11) is 0. The first-order valence-electron chi connectivity index (χ1n) is 17.4. The van der Waals surface area contributed by atoms with E-state index in [-0.39, 0.29) is 25.2 Å². The molecule has 0 radical (unpaired) electrons. The molecular formula is C36H66O5. The number of carbonyl (C=O) groups is 2. The lowest BCUT2D eigenvalue weighted by Crippen LogP contribution is -2.28. The number of carbonyl (C=O) groups excluding carboxylic acids is 2. The number of unbranched alkanes of at least 4 members (excludes halogenated alkanes) is 19. The predicted octanol–water partition coefficient (Wildman–Crippen LogP) is 10.3. The van der Waals surface area contributed by atoms with Crippen molar-refractivity contribution in [1.29, 1.82) is 0 Å². The summed E-state index contributed by atoms with van der Waals surface area (Å²) in [5.41, 5.74) is 0. The average molecular weight is 579 g/mol.